The molecule has 1 aliphatic heterocycles. The van der Waals surface area contributed by atoms with Crippen LogP contribution in [0.2, 0.25) is 0 Å². The minimum absolute atomic E-state index is 0.0779. The first kappa shape index (κ1) is 19.2. The van der Waals surface area contributed by atoms with Crippen LogP contribution in [0.4, 0.5) is 16.3 Å². The molecular weight excluding hydrogens is 362 g/mol. The Balaban J connectivity index is 1.57. The molecule has 3 amide bonds. The topological polar surface area (TPSA) is 77.6 Å². The van der Waals surface area contributed by atoms with Crippen LogP contribution < -0.4 is 15.5 Å². The predicted octanol–water partition coefficient (Wildman–Crippen LogP) is 3.03. The summed E-state index contributed by atoms with van der Waals surface area (Å²) in [4.78, 5) is 33.7. The third kappa shape index (κ3) is 5.19. The molecule has 2 aromatic rings. The van der Waals surface area contributed by atoms with Gasteiger partial charge in [0.05, 0.1) is 16.8 Å². The van der Waals surface area contributed by atoms with E-state index in [-0.39, 0.29) is 18.0 Å². The number of carbonyl (C=O) groups excluding carboxylic acids is 2. The Kier molecular flexibility index (Phi) is 6.28. The van der Waals surface area contributed by atoms with Crippen molar-refractivity contribution in [3.8, 4) is 0 Å². The monoisotopic (exact) mass is 387 g/mol. The molecule has 0 aliphatic carbocycles. The fourth-order valence-electron chi connectivity index (χ4n) is 2.98. The van der Waals surface area contributed by atoms with Crippen LogP contribution in [0.25, 0.3) is 0 Å². The average Bonchev–Trinajstić information content (AvgIpc) is 3.06. The van der Waals surface area contributed by atoms with Gasteiger partial charge in [-0.1, -0.05) is 6.07 Å². The molecule has 2 N–H and O–H groups in total. The second-order valence-electron chi connectivity index (χ2n) is 6.77. The van der Waals surface area contributed by atoms with E-state index in [0.29, 0.717) is 12.2 Å². The first-order valence-corrected chi connectivity index (χ1v) is 10.0. The Morgan fingerprint density at radius 3 is 2.67 bits per heavy atom. The van der Waals surface area contributed by atoms with E-state index in [0.717, 1.165) is 36.8 Å². The Labute approximate surface area is 163 Å². The standard InChI is InChI=1S/C19H25N5O2S/c1-14(2)21-19(26)22-15-6-7-17(20-13-15)23-8-4-9-24(11-10-23)18(25)16-5-3-12-27-16/h3,5-7,12-14H,4,8-11H2,1-2H3,(H2,21,22,26). The quantitative estimate of drug-likeness (QED) is 0.845. The van der Waals surface area contributed by atoms with E-state index in [1.54, 1.807) is 6.20 Å². The van der Waals surface area contributed by atoms with Crippen LogP contribution in [-0.4, -0.2) is 54.0 Å². The fourth-order valence-corrected chi connectivity index (χ4v) is 3.67. The van der Waals surface area contributed by atoms with Gasteiger partial charge in [0.2, 0.25) is 0 Å². The van der Waals surface area contributed by atoms with Crippen molar-refractivity contribution in [2.75, 3.05) is 36.4 Å². The van der Waals surface area contributed by atoms with Crippen LogP contribution in [0.3, 0.4) is 0 Å². The number of urea groups is 1. The van der Waals surface area contributed by atoms with E-state index >= 15 is 0 Å². The lowest BCUT2D eigenvalue weighted by Crippen LogP contribution is -2.35. The van der Waals surface area contributed by atoms with E-state index in [1.165, 1.54) is 11.3 Å². The molecule has 0 saturated carbocycles. The number of carbonyl (C=O) groups is 2. The molecule has 2 aromatic heterocycles. The summed E-state index contributed by atoms with van der Waals surface area (Å²) in [5.41, 5.74) is 0.654. The van der Waals surface area contributed by atoms with Crippen LogP contribution in [0.15, 0.2) is 35.8 Å². The smallest absolute Gasteiger partial charge is 0.319 e. The van der Waals surface area contributed by atoms with Gasteiger partial charge in [0, 0.05) is 32.2 Å². The number of hydrogen-bond acceptors (Lipinski definition) is 5. The third-order valence-electron chi connectivity index (χ3n) is 4.26. The Bertz CT molecular complexity index is 761. The molecule has 0 unspecified atom stereocenters. The number of thiophene rings is 1. The first-order chi connectivity index (χ1) is 13.0. The highest BCUT2D eigenvalue weighted by atomic mass is 32.1. The maximum absolute atomic E-state index is 12.5. The summed E-state index contributed by atoms with van der Waals surface area (Å²) in [6.07, 6.45) is 2.56. The molecule has 0 bridgehead atoms. The van der Waals surface area contributed by atoms with Gasteiger partial charge in [-0.25, -0.2) is 9.78 Å². The Hall–Kier alpha value is -2.61. The SMILES string of the molecule is CC(C)NC(=O)Nc1ccc(N2CCCN(C(=O)c3cccs3)CC2)nc1. The summed E-state index contributed by atoms with van der Waals surface area (Å²) in [5.74, 6) is 0.964. The number of aromatic nitrogens is 1. The van der Waals surface area contributed by atoms with Crippen molar-refractivity contribution in [2.24, 2.45) is 0 Å². The lowest BCUT2D eigenvalue weighted by Gasteiger charge is -2.22. The zero-order chi connectivity index (χ0) is 19.2. The van der Waals surface area contributed by atoms with Gasteiger partial charge in [0.25, 0.3) is 5.91 Å². The Morgan fingerprint density at radius 2 is 2.00 bits per heavy atom. The van der Waals surface area contributed by atoms with Crippen LogP contribution in [0, 0.1) is 0 Å². The highest BCUT2D eigenvalue weighted by Crippen LogP contribution is 2.18. The zero-order valence-corrected chi connectivity index (χ0v) is 16.5. The molecular formula is C19H25N5O2S. The molecule has 1 fully saturated rings. The van der Waals surface area contributed by atoms with E-state index in [2.05, 4.69) is 20.5 Å². The van der Waals surface area contributed by atoms with Crippen molar-refractivity contribution < 1.29 is 9.59 Å². The molecule has 0 radical (unpaired) electrons. The highest BCUT2D eigenvalue weighted by Gasteiger charge is 2.21. The maximum atomic E-state index is 12.5. The molecule has 0 spiro atoms. The van der Waals surface area contributed by atoms with E-state index in [1.807, 2.05) is 48.4 Å². The van der Waals surface area contributed by atoms with Gasteiger partial charge in [-0.2, -0.15) is 0 Å². The summed E-state index contributed by atoms with van der Waals surface area (Å²) in [7, 11) is 0. The molecule has 3 rings (SSSR count). The minimum atomic E-state index is -0.239. The van der Waals surface area contributed by atoms with E-state index in [4.69, 9.17) is 0 Å². The summed E-state index contributed by atoms with van der Waals surface area (Å²) >= 11 is 1.48. The molecule has 27 heavy (non-hydrogen) atoms. The van der Waals surface area contributed by atoms with Crippen molar-refractivity contribution in [3.05, 3.63) is 40.7 Å². The summed E-state index contributed by atoms with van der Waals surface area (Å²) in [5, 5.41) is 7.48. The second kappa shape index (κ2) is 8.85. The van der Waals surface area contributed by atoms with E-state index in [9.17, 15) is 9.59 Å². The number of hydrogen-bond donors (Lipinski definition) is 2. The number of nitrogens with one attached hydrogen (secondary N) is 2. The van der Waals surface area contributed by atoms with Crippen molar-refractivity contribution in [1.82, 2.24) is 15.2 Å². The first-order valence-electron chi connectivity index (χ1n) is 9.14. The second-order valence-corrected chi connectivity index (χ2v) is 7.72. The fraction of sp³-hybridized carbons (Fsp3) is 0.421. The summed E-state index contributed by atoms with van der Waals surface area (Å²) < 4.78 is 0. The average molecular weight is 388 g/mol. The minimum Gasteiger partial charge on any atom is -0.355 e. The van der Waals surface area contributed by atoms with Gasteiger partial charge >= 0.3 is 6.03 Å². The zero-order valence-electron chi connectivity index (χ0n) is 15.6. The Morgan fingerprint density at radius 1 is 1.15 bits per heavy atom. The van der Waals surface area contributed by atoms with Crippen molar-refractivity contribution in [3.63, 3.8) is 0 Å². The number of rotatable bonds is 4. The lowest BCUT2D eigenvalue weighted by molar-refractivity contribution is 0.0772. The number of amides is 3. The summed E-state index contributed by atoms with van der Waals surface area (Å²) in [6.45, 7) is 6.84. The molecule has 0 aromatic carbocycles. The van der Waals surface area contributed by atoms with Gasteiger partial charge in [-0.15, -0.1) is 11.3 Å². The number of pyridine rings is 1. The maximum Gasteiger partial charge on any atom is 0.319 e. The highest BCUT2D eigenvalue weighted by molar-refractivity contribution is 7.12. The molecule has 8 heteroatoms. The molecule has 7 nitrogen and oxygen atoms in total. The third-order valence-corrected chi connectivity index (χ3v) is 5.12. The summed E-state index contributed by atoms with van der Waals surface area (Å²) in [6, 6.07) is 7.37. The van der Waals surface area contributed by atoms with Crippen LogP contribution in [-0.2, 0) is 0 Å². The molecule has 0 atom stereocenters. The van der Waals surface area contributed by atoms with Crippen molar-refractivity contribution in [2.45, 2.75) is 26.3 Å². The largest absolute Gasteiger partial charge is 0.355 e. The molecule has 3 heterocycles. The number of nitrogens with zero attached hydrogens (tertiary/aromatic N) is 3. The van der Waals surface area contributed by atoms with Crippen LogP contribution in [0.1, 0.15) is 29.9 Å². The number of anilines is 2. The van der Waals surface area contributed by atoms with Crippen molar-refractivity contribution in [1.29, 1.82) is 0 Å². The van der Waals surface area contributed by atoms with Gasteiger partial charge in [0.1, 0.15) is 5.82 Å². The lowest BCUT2D eigenvalue weighted by atomic mass is 10.3. The molecule has 1 aliphatic rings. The normalized spacial score (nSPS) is 14.8. The van der Waals surface area contributed by atoms with Gasteiger partial charge < -0.3 is 20.4 Å². The van der Waals surface area contributed by atoms with Crippen LogP contribution in [0.5, 0.6) is 0 Å². The van der Waals surface area contributed by atoms with E-state index < -0.39 is 0 Å². The van der Waals surface area contributed by atoms with Crippen molar-refractivity contribution >= 4 is 34.8 Å². The van der Waals surface area contributed by atoms with Gasteiger partial charge in [0.15, 0.2) is 0 Å². The van der Waals surface area contributed by atoms with Gasteiger partial charge in [-0.05, 0) is 43.8 Å². The molecule has 144 valence electrons. The van der Waals surface area contributed by atoms with Gasteiger partial charge in [-0.3, -0.25) is 4.79 Å². The predicted molar refractivity (Wildman–Crippen MR) is 109 cm³/mol. The van der Waals surface area contributed by atoms with Crippen LogP contribution >= 0.6 is 11.3 Å². The molecule has 1 saturated heterocycles.